The highest BCUT2D eigenvalue weighted by Crippen LogP contribution is 2.31. The minimum atomic E-state index is -0.472. The zero-order chi connectivity index (χ0) is 16.6. The van der Waals surface area contributed by atoms with Gasteiger partial charge in [-0.3, -0.25) is 25.0 Å². The third kappa shape index (κ3) is 3.02. The first-order valence-corrected chi connectivity index (χ1v) is 7.36. The summed E-state index contributed by atoms with van der Waals surface area (Å²) in [7, 11) is 0. The number of furan rings is 1. The third-order valence-corrected chi connectivity index (χ3v) is 4.05. The summed E-state index contributed by atoms with van der Waals surface area (Å²) in [6, 6.07) is 7.81. The maximum Gasteiger partial charge on any atom is 0.290 e. The number of nitrogens with zero attached hydrogens (tertiary/aromatic N) is 1. The van der Waals surface area contributed by atoms with Crippen molar-refractivity contribution in [3.05, 3.63) is 56.7 Å². The average molecular weight is 330 g/mol. The molecule has 1 fully saturated rings. The van der Waals surface area contributed by atoms with Gasteiger partial charge in [-0.15, -0.1) is 0 Å². The van der Waals surface area contributed by atoms with Gasteiger partial charge < -0.3 is 4.42 Å². The molecule has 7 nitrogen and oxygen atoms in total. The highest BCUT2D eigenvalue weighted by molar-refractivity contribution is 8.18. The van der Waals surface area contributed by atoms with E-state index in [-0.39, 0.29) is 10.6 Å². The standard InChI is InChI=1S/C15H10N2O5S/c1-8-2-3-9(17(20)21)6-11(8)12-5-4-10(22-12)7-13-14(18)16-15(19)23-13/h2-7H,1H3,(H,16,18,19)/b13-7+. The van der Waals surface area contributed by atoms with Crippen molar-refractivity contribution in [2.75, 3.05) is 0 Å². The Hall–Kier alpha value is -2.87. The lowest BCUT2D eigenvalue weighted by molar-refractivity contribution is -0.384. The summed E-state index contributed by atoms with van der Waals surface area (Å²) >= 11 is 0.795. The number of aryl methyl sites for hydroxylation is 1. The SMILES string of the molecule is Cc1ccc([N+](=O)[O-])cc1-c1ccc(/C=C2/SC(=O)NC2=O)o1. The molecule has 2 heterocycles. The number of carbonyl (C=O) groups excluding carboxylic acids is 2. The Balaban J connectivity index is 1.95. The van der Waals surface area contributed by atoms with E-state index in [9.17, 15) is 19.7 Å². The summed E-state index contributed by atoms with van der Waals surface area (Å²) in [6.45, 7) is 1.82. The van der Waals surface area contributed by atoms with Crippen LogP contribution in [0.5, 0.6) is 0 Å². The molecular weight excluding hydrogens is 320 g/mol. The van der Waals surface area contributed by atoms with Gasteiger partial charge in [0, 0.05) is 23.8 Å². The molecule has 1 aromatic carbocycles. The molecule has 1 aromatic heterocycles. The van der Waals surface area contributed by atoms with Gasteiger partial charge in [-0.2, -0.15) is 0 Å². The number of rotatable bonds is 3. The van der Waals surface area contributed by atoms with Crippen molar-refractivity contribution >= 4 is 34.7 Å². The van der Waals surface area contributed by atoms with Gasteiger partial charge in [0.15, 0.2) is 0 Å². The van der Waals surface area contributed by atoms with Crippen LogP contribution >= 0.6 is 11.8 Å². The maximum atomic E-state index is 11.5. The Morgan fingerprint density at radius 2 is 2.04 bits per heavy atom. The smallest absolute Gasteiger partial charge is 0.290 e. The molecule has 0 radical (unpaired) electrons. The number of thioether (sulfide) groups is 1. The van der Waals surface area contributed by atoms with Gasteiger partial charge in [0.25, 0.3) is 16.8 Å². The summed E-state index contributed by atoms with van der Waals surface area (Å²) in [4.78, 5) is 33.3. The Morgan fingerprint density at radius 1 is 1.26 bits per heavy atom. The van der Waals surface area contributed by atoms with Crippen molar-refractivity contribution in [3.63, 3.8) is 0 Å². The van der Waals surface area contributed by atoms with E-state index >= 15 is 0 Å². The molecule has 8 heteroatoms. The van der Waals surface area contributed by atoms with Crippen molar-refractivity contribution < 1.29 is 18.9 Å². The summed E-state index contributed by atoms with van der Waals surface area (Å²) in [6.07, 6.45) is 1.46. The number of imide groups is 1. The normalized spacial score (nSPS) is 16.0. The molecule has 0 aliphatic carbocycles. The molecule has 1 aliphatic rings. The molecule has 3 rings (SSSR count). The molecule has 2 aromatic rings. The van der Waals surface area contributed by atoms with E-state index in [1.165, 1.54) is 18.2 Å². The lowest BCUT2D eigenvalue weighted by Crippen LogP contribution is -2.17. The van der Waals surface area contributed by atoms with Crippen LogP contribution in [-0.2, 0) is 4.79 Å². The third-order valence-electron chi connectivity index (χ3n) is 3.24. The highest BCUT2D eigenvalue weighted by atomic mass is 32.2. The summed E-state index contributed by atoms with van der Waals surface area (Å²) < 4.78 is 5.63. The van der Waals surface area contributed by atoms with Crippen LogP contribution in [0.25, 0.3) is 17.4 Å². The van der Waals surface area contributed by atoms with Crippen molar-refractivity contribution in [2.24, 2.45) is 0 Å². The second kappa shape index (κ2) is 5.73. The number of nitrogens with one attached hydrogen (secondary N) is 1. The Labute approximate surface area is 134 Å². The largest absolute Gasteiger partial charge is 0.457 e. The molecule has 23 heavy (non-hydrogen) atoms. The number of amides is 2. The van der Waals surface area contributed by atoms with Gasteiger partial charge in [-0.25, -0.2) is 0 Å². The average Bonchev–Trinajstić information content (AvgIpc) is 3.06. The molecule has 116 valence electrons. The molecule has 0 unspecified atom stereocenters. The van der Waals surface area contributed by atoms with Gasteiger partial charge in [-0.05, 0) is 36.4 Å². The zero-order valence-electron chi connectivity index (χ0n) is 11.9. The lowest BCUT2D eigenvalue weighted by atomic mass is 10.1. The van der Waals surface area contributed by atoms with Gasteiger partial charge in [-0.1, -0.05) is 6.07 Å². The van der Waals surface area contributed by atoms with Gasteiger partial charge in [0.05, 0.1) is 9.83 Å². The topological polar surface area (TPSA) is 102 Å². The Kier molecular flexibility index (Phi) is 3.75. The summed E-state index contributed by atoms with van der Waals surface area (Å²) in [5.41, 5.74) is 1.40. The van der Waals surface area contributed by atoms with Crippen LogP contribution < -0.4 is 5.32 Å². The van der Waals surface area contributed by atoms with Crippen LogP contribution in [-0.4, -0.2) is 16.1 Å². The fraction of sp³-hybridized carbons (Fsp3) is 0.0667. The maximum absolute atomic E-state index is 11.5. The first kappa shape index (κ1) is 15.0. The van der Waals surface area contributed by atoms with Crippen LogP contribution in [0.4, 0.5) is 10.5 Å². The van der Waals surface area contributed by atoms with Crippen LogP contribution in [0.15, 0.2) is 39.7 Å². The number of carbonyl (C=O) groups is 2. The molecule has 1 N–H and O–H groups in total. The molecule has 1 saturated heterocycles. The van der Waals surface area contributed by atoms with E-state index in [0.29, 0.717) is 17.1 Å². The molecule has 0 bridgehead atoms. The molecule has 1 aliphatic heterocycles. The fourth-order valence-corrected chi connectivity index (χ4v) is 2.78. The molecule has 2 amide bonds. The quantitative estimate of drug-likeness (QED) is 0.525. The lowest BCUT2D eigenvalue weighted by Gasteiger charge is -2.02. The van der Waals surface area contributed by atoms with E-state index in [4.69, 9.17) is 4.42 Å². The first-order chi connectivity index (χ1) is 10.9. The minimum Gasteiger partial charge on any atom is -0.457 e. The number of non-ortho nitro benzene ring substituents is 1. The van der Waals surface area contributed by atoms with E-state index in [1.807, 2.05) is 6.92 Å². The van der Waals surface area contributed by atoms with E-state index in [1.54, 1.807) is 18.2 Å². The minimum absolute atomic E-state index is 0.0294. The van der Waals surface area contributed by atoms with Gasteiger partial charge in [0.2, 0.25) is 0 Å². The predicted octanol–water partition coefficient (Wildman–Crippen LogP) is 3.49. The monoisotopic (exact) mass is 330 g/mol. The zero-order valence-corrected chi connectivity index (χ0v) is 12.7. The second-order valence-corrected chi connectivity index (χ2v) is 5.83. The Morgan fingerprint density at radius 3 is 2.70 bits per heavy atom. The number of benzene rings is 1. The molecule has 0 atom stereocenters. The number of nitro groups is 1. The van der Waals surface area contributed by atoms with Crippen LogP contribution in [0.1, 0.15) is 11.3 Å². The molecule has 0 spiro atoms. The molecular formula is C15H10N2O5S. The molecule has 0 saturated carbocycles. The first-order valence-electron chi connectivity index (χ1n) is 6.54. The van der Waals surface area contributed by atoms with Crippen LogP contribution in [0.3, 0.4) is 0 Å². The van der Waals surface area contributed by atoms with Crippen LogP contribution in [0, 0.1) is 17.0 Å². The van der Waals surface area contributed by atoms with Crippen molar-refractivity contribution in [2.45, 2.75) is 6.92 Å². The fourth-order valence-electron chi connectivity index (χ4n) is 2.11. The Bertz CT molecular complexity index is 869. The van der Waals surface area contributed by atoms with E-state index in [0.717, 1.165) is 17.3 Å². The van der Waals surface area contributed by atoms with Crippen molar-refractivity contribution in [1.82, 2.24) is 5.32 Å². The summed E-state index contributed by atoms with van der Waals surface area (Å²) in [5, 5.41) is 12.6. The number of hydrogen-bond donors (Lipinski definition) is 1. The van der Waals surface area contributed by atoms with Crippen molar-refractivity contribution in [3.8, 4) is 11.3 Å². The highest BCUT2D eigenvalue weighted by Gasteiger charge is 2.25. The van der Waals surface area contributed by atoms with Gasteiger partial charge >= 0.3 is 0 Å². The second-order valence-electron chi connectivity index (χ2n) is 4.81. The van der Waals surface area contributed by atoms with Gasteiger partial charge in [0.1, 0.15) is 11.5 Å². The van der Waals surface area contributed by atoms with E-state index < -0.39 is 16.1 Å². The van der Waals surface area contributed by atoms with Crippen molar-refractivity contribution in [1.29, 1.82) is 0 Å². The number of hydrogen-bond acceptors (Lipinski definition) is 6. The predicted molar refractivity (Wildman–Crippen MR) is 84.6 cm³/mol. The summed E-state index contributed by atoms with van der Waals surface area (Å²) in [5.74, 6) is 0.371. The number of nitro benzene ring substituents is 1. The van der Waals surface area contributed by atoms with Crippen LogP contribution in [0.2, 0.25) is 0 Å². The van der Waals surface area contributed by atoms with E-state index in [2.05, 4.69) is 5.32 Å².